The quantitative estimate of drug-likeness (QED) is 0.583. The molecule has 0 saturated heterocycles. The molecule has 0 spiro atoms. The predicted octanol–water partition coefficient (Wildman–Crippen LogP) is 3.45. The van der Waals surface area contributed by atoms with Crippen molar-refractivity contribution >= 4 is 21.8 Å². The van der Waals surface area contributed by atoms with Gasteiger partial charge < -0.3 is 10.6 Å². The fraction of sp³-hybridized carbons (Fsp3) is 0.440. The van der Waals surface area contributed by atoms with E-state index in [1.165, 1.54) is 4.31 Å². The van der Waals surface area contributed by atoms with Crippen LogP contribution in [-0.4, -0.2) is 43.7 Å². The highest BCUT2D eigenvalue weighted by molar-refractivity contribution is 7.89. The van der Waals surface area contributed by atoms with Crippen LogP contribution in [0.4, 0.5) is 0 Å². The van der Waals surface area contributed by atoms with Crippen molar-refractivity contribution in [1.29, 1.82) is 0 Å². The monoisotopic (exact) mass is 473 g/mol. The lowest BCUT2D eigenvalue weighted by Crippen LogP contribution is -2.44. The summed E-state index contributed by atoms with van der Waals surface area (Å²) in [5.41, 5.74) is 2.38. The van der Waals surface area contributed by atoms with Crippen molar-refractivity contribution in [3.63, 3.8) is 0 Å². The van der Waals surface area contributed by atoms with Crippen LogP contribution in [0.15, 0.2) is 53.4 Å². The van der Waals surface area contributed by atoms with Crippen molar-refractivity contribution < 1.29 is 18.0 Å². The molecule has 2 amide bonds. The summed E-state index contributed by atoms with van der Waals surface area (Å²) < 4.78 is 26.5. The molecule has 0 aliphatic carbocycles. The molecule has 8 heteroatoms. The number of nitrogens with zero attached hydrogens (tertiary/aromatic N) is 1. The van der Waals surface area contributed by atoms with Gasteiger partial charge in [-0.2, -0.15) is 4.31 Å². The summed E-state index contributed by atoms with van der Waals surface area (Å²) in [6.45, 7) is 12.6. The smallest absolute Gasteiger partial charge is 0.251 e. The van der Waals surface area contributed by atoms with E-state index in [2.05, 4.69) is 31.4 Å². The van der Waals surface area contributed by atoms with Gasteiger partial charge in [-0.25, -0.2) is 8.42 Å². The van der Waals surface area contributed by atoms with Gasteiger partial charge in [-0.3, -0.25) is 9.59 Å². The van der Waals surface area contributed by atoms with Crippen LogP contribution in [0, 0.1) is 0 Å². The van der Waals surface area contributed by atoms with Crippen molar-refractivity contribution in [2.24, 2.45) is 0 Å². The van der Waals surface area contributed by atoms with E-state index in [9.17, 15) is 18.0 Å². The van der Waals surface area contributed by atoms with Gasteiger partial charge in [0, 0.05) is 25.2 Å². The summed E-state index contributed by atoms with van der Waals surface area (Å²) in [5.74, 6) is -0.640. The zero-order valence-corrected chi connectivity index (χ0v) is 21.1. The van der Waals surface area contributed by atoms with Crippen LogP contribution in [0.1, 0.15) is 63.0 Å². The molecule has 0 fully saturated rings. The lowest BCUT2D eigenvalue weighted by Gasteiger charge is -2.19. The normalized spacial score (nSPS) is 12.9. The average Bonchev–Trinajstić information content (AvgIpc) is 2.77. The predicted molar refractivity (Wildman–Crippen MR) is 130 cm³/mol. The highest BCUT2D eigenvalue weighted by Crippen LogP contribution is 2.22. The molecule has 33 heavy (non-hydrogen) atoms. The lowest BCUT2D eigenvalue weighted by molar-refractivity contribution is -0.122. The maximum atomic E-state index is 12.6. The van der Waals surface area contributed by atoms with Crippen molar-refractivity contribution in [3.8, 4) is 0 Å². The van der Waals surface area contributed by atoms with Crippen LogP contribution in [-0.2, 0) is 26.8 Å². The number of carbonyl (C=O) groups excluding carboxylic acids is 2. The van der Waals surface area contributed by atoms with Crippen LogP contribution < -0.4 is 10.6 Å². The number of benzene rings is 2. The number of rotatable bonds is 9. The molecule has 0 bridgehead atoms. The van der Waals surface area contributed by atoms with Gasteiger partial charge in [-0.1, -0.05) is 58.9 Å². The molecule has 2 aromatic carbocycles. The number of nitrogens with one attached hydrogen (secondary N) is 2. The van der Waals surface area contributed by atoms with E-state index in [1.54, 1.807) is 57.2 Å². The first-order valence-electron chi connectivity index (χ1n) is 11.2. The topological polar surface area (TPSA) is 95.6 Å². The zero-order chi connectivity index (χ0) is 24.8. The number of hydrogen-bond acceptors (Lipinski definition) is 4. The summed E-state index contributed by atoms with van der Waals surface area (Å²) in [5, 5.41) is 5.48. The van der Waals surface area contributed by atoms with Gasteiger partial charge in [0.25, 0.3) is 5.91 Å². The summed E-state index contributed by atoms with van der Waals surface area (Å²) in [7, 11) is -3.52. The molecular formula is C25H35N3O4S. The highest BCUT2D eigenvalue weighted by atomic mass is 32.2. The molecule has 180 valence electrons. The molecule has 1 unspecified atom stereocenters. The number of amides is 2. The number of hydrogen-bond donors (Lipinski definition) is 2. The zero-order valence-electron chi connectivity index (χ0n) is 20.3. The second kappa shape index (κ2) is 10.9. The van der Waals surface area contributed by atoms with Crippen LogP contribution in [0.25, 0.3) is 0 Å². The molecule has 0 radical (unpaired) electrons. The molecule has 0 saturated carbocycles. The van der Waals surface area contributed by atoms with Crippen LogP contribution >= 0.6 is 0 Å². The van der Waals surface area contributed by atoms with E-state index in [1.807, 2.05) is 12.1 Å². The molecule has 7 nitrogen and oxygen atoms in total. The Morgan fingerprint density at radius 2 is 1.48 bits per heavy atom. The molecule has 2 N–H and O–H groups in total. The van der Waals surface area contributed by atoms with Crippen molar-refractivity contribution in [2.75, 3.05) is 13.1 Å². The minimum atomic E-state index is -3.52. The Morgan fingerprint density at radius 1 is 0.939 bits per heavy atom. The second-order valence-electron chi connectivity index (χ2n) is 8.97. The number of sulfonamides is 1. The van der Waals surface area contributed by atoms with Crippen LogP contribution in [0.2, 0.25) is 0 Å². The molecular weight excluding hydrogens is 438 g/mol. The van der Waals surface area contributed by atoms with E-state index in [0.29, 0.717) is 18.7 Å². The first-order valence-corrected chi connectivity index (χ1v) is 12.6. The van der Waals surface area contributed by atoms with E-state index in [4.69, 9.17) is 0 Å². The van der Waals surface area contributed by atoms with Crippen molar-refractivity contribution in [3.05, 3.63) is 65.2 Å². The second-order valence-corrected chi connectivity index (χ2v) is 10.9. The SMILES string of the molecule is CCN(CC)S(=O)(=O)c1ccc(CNC(=O)C(C)NC(=O)c2ccc(C(C)(C)C)cc2)cc1. The van der Waals surface area contributed by atoms with Crippen molar-refractivity contribution in [2.45, 2.75) is 64.4 Å². The van der Waals surface area contributed by atoms with Crippen molar-refractivity contribution in [1.82, 2.24) is 14.9 Å². The van der Waals surface area contributed by atoms with Gasteiger partial charge in [-0.05, 0) is 47.7 Å². The standard InChI is InChI=1S/C25H35N3O4S/c1-7-28(8-2)33(31,32)22-15-9-19(10-16-22)17-26-23(29)18(3)27-24(30)20-11-13-21(14-12-20)25(4,5)6/h9-16,18H,7-8,17H2,1-6H3,(H,26,29)(H,27,30). The van der Waals surface area contributed by atoms with Crippen LogP contribution in [0.3, 0.4) is 0 Å². The largest absolute Gasteiger partial charge is 0.350 e. The molecule has 0 aromatic heterocycles. The Labute approximate surface area is 197 Å². The lowest BCUT2D eigenvalue weighted by atomic mass is 9.86. The van der Waals surface area contributed by atoms with Gasteiger partial charge >= 0.3 is 0 Å². The molecule has 0 aliphatic rings. The Morgan fingerprint density at radius 3 is 1.97 bits per heavy atom. The first-order chi connectivity index (χ1) is 15.4. The van der Waals surface area contributed by atoms with E-state index >= 15 is 0 Å². The Kier molecular flexibility index (Phi) is 8.80. The average molecular weight is 474 g/mol. The third kappa shape index (κ3) is 6.88. The Bertz CT molecular complexity index is 1050. The van der Waals surface area contributed by atoms with Gasteiger partial charge in [-0.15, -0.1) is 0 Å². The maximum Gasteiger partial charge on any atom is 0.251 e. The Hall–Kier alpha value is -2.71. The summed E-state index contributed by atoms with van der Waals surface area (Å²) in [6, 6.07) is 13.1. The third-order valence-electron chi connectivity index (χ3n) is 5.49. The molecule has 0 aliphatic heterocycles. The molecule has 0 heterocycles. The summed E-state index contributed by atoms with van der Waals surface area (Å²) >= 11 is 0. The van der Waals surface area contributed by atoms with Gasteiger partial charge in [0.05, 0.1) is 4.90 Å². The third-order valence-corrected chi connectivity index (χ3v) is 7.55. The van der Waals surface area contributed by atoms with E-state index < -0.39 is 16.1 Å². The molecule has 2 rings (SSSR count). The van der Waals surface area contributed by atoms with Gasteiger partial charge in [0.2, 0.25) is 15.9 Å². The minimum absolute atomic E-state index is 0.00401. The van der Waals surface area contributed by atoms with Crippen LogP contribution in [0.5, 0.6) is 0 Å². The molecule has 2 aromatic rings. The summed E-state index contributed by atoms with van der Waals surface area (Å²) in [4.78, 5) is 25.1. The van der Waals surface area contributed by atoms with Gasteiger partial charge in [0.1, 0.15) is 6.04 Å². The number of carbonyl (C=O) groups is 2. The first kappa shape index (κ1) is 26.5. The summed E-state index contributed by atoms with van der Waals surface area (Å²) in [6.07, 6.45) is 0. The highest BCUT2D eigenvalue weighted by Gasteiger charge is 2.21. The molecule has 1 atom stereocenters. The Balaban J connectivity index is 1.93. The maximum absolute atomic E-state index is 12.6. The fourth-order valence-electron chi connectivity index (χ4n) is 3.30. The minimum Gasteiger partial charge on any atom is -0.350 e. The van der Waals surface area contributed by atoms with Gasteiger partial charge in [0.15, 0.2) is 0 Å². The van der Waals surface area contributed by atoms with E-state index in [0.717, 1.165) is 11.1 Å². The van der Waals surface area contributed by atoms with E-state index in [-0.39, 0.29) is 28.7 Å². The fourth-order valence-corrected chi connectivity index (χ4v) is 4.76.